The minimum Gasteiger partial charge on any atom is -0.383 e. The van der Waals surface area contributed by atoms with E-state index in [2.05, 4.69) is 49.2 Å². The molecule has 1 aromatic carbocycles. The van der Waals surface area contributed by atoms with E-state index in [1.807, 2.05) is 35.9 Å². The lowest BCUT2D eigenvalue weighted by Gasteiger charge is -2.11. The number of nitrogens with two attached hydrogens (primary N) is 1. The van der Waals surface area contributed by atoms with E-state index in [0.717, 1.165) is 40.3 Å². The maximum Gasteiger partial charge on any atom is 0.172 e. The molecule has 0 radical (unpaired) electrons. The van der Waals surface area contributed by atoms with Crippen molar-refractivity contribution in [3.05, 3.63) is 84.0 Å². The van der Waals surface area contributed by atoms with E-state index in [9.17, 15) is 4.79 Å². The predicted octanol–water partition coefficient (Wildman–Crippen LogP) is 3.58. The molecule has 4 aromatic heterocycles. The number of rotatable bonds is 5. The Morgan fingerprint density at radius 2 is 1.85 bits per heavy atom. The van der Waals surface area contributed by atoms with E-state index in [0.29, 0.717) is 17.8 Å². The van der Waals surface area contributed by atoms with Crippen LogP contribution in [0.15, 0.2) is 71.7 Å². The molecule has 33 heavy (non-hydrogen) atoms. The molecule has 3 N–H and O–H groups in total. The molecule has 4 heterocycles. The molecule has 0 unspecified atom stereocenters. The first-order valence-corrected chi connectivity index (χ1v) is 10.3. The third-order valence-electron chi connectivity index (χ3n) is 4.97. The van der Waals surface area contributed by atoms with Crippen LogP contribution < -0.4 is 11.1 Å². The lowest BCUT2D eigenvalue weighted by Crippen LogP contribution is -2.05. The van der Waals surface area contributed by atoms with Crippen molar-refractivity contribution in [2.75, 3.05) is 12.8 Å². The van der Waals surface area contributed by atoms with Crippen molar-refractivity contribution in [3.8, 4) is 17.1 Å². The van der Waals surface area contributed by atoms with Gasteiger partial charge in [0.15, 0.2) is 17.8 Å². The second-order valence-electron chi connectivity index (χ2n) is 7.25. The Bertz CT molecular complexity index is 1370. The Morgan fingerprint density at radius 3 is 2.48 bits per heavy atom. The average Bonchev–Trinajstić information content (AvgIpc) is 3.43. The largest absolute Gasteiger partial charge is 0.383 e. The van der Waals surface area contributed by atoms with Gasteiger partial charge < -0.3 is 15.6 Å². The van der Waals surface area contributed by atoms with E-state index < -0.39 is 0 Å². The van der Waals surface area contributed by atoms with Crippen molar-refractivity contribution in [3.63, 3.8) is 0 Å². The van der Waals surface area contributed by atoms with E-state index in [1.165, 1.54) is 11.8 Å². The molecule has 9 heteroatoms. The van der Waals surface area contributed by atoms with Crippen LogP contribution in [0.5, 0.6) is 0 Å². The Labute approximate surface area is 190 Å². The van der Waals surface area contributed by atoms with Crippen LogP contribution in [-0.2, 0) is 6.54 Å². The highest BCUT2D eigenvalue weighted by Gasteiger charge is 2.17. The molecule has 0 atom stereocenters. The van der Waals surface area contributed by atoms with Crippen LogP contribution in [0.1, 0.15) is 21.6 Å². The summed E-state index contributed by atoms with van der Waals surface area (Å²) in [5.74, 6) is 1.19. The summed E-state index contributed by atoms with van der Waals surface area (Å²) >= 11 is 0. The molecule has 0 amide bonds. The molecule has 0 aliphatic carbocycles. The van der Waals surface area contributed by atoms with Crippen molar-refractivity contribution in [2.24, 2.45) is 0 Å². The number of nitrogens with zero attached hydrogens (tertiary/aromatic N) is 5. The number of carbonyl (C=O) groups is 1. The van der Waals surface area contributed by atoms with Gasteiger partial charge in [0.05, 0.1) is 5.56 Å². The number of fused-ring (bicyclic) bond motifs is 1. The number of nitrogens with one attached hydrogen (secondary N) is 1. The maximum absolute atomic E-state index is 9.97. The first-order chi connectivity index (χ1) is 16.1. The molecule has 0 aliphatic rings. The number of nitrogen functional groups attached to an aromatic ring is 1. The fourth-order valence-corrected chi connectivity index (χ4v) is 3.32. The zero-order chi connectivity index (χ0) is 23.2. The lowest BCUT2D eigenvalue weighted by molar-refractivity contribution is 0.111. The monoisotopic (exact) mass is 441 g/mol. The van der Waals surface area contributed by atoms with Gasteiger partial charge in [-0.15, -0.1) is 0 Å². The van der Waals surface area contributed by atoms with E-state index in [1.54, 1.807) is 19.3 Å². The van der Waals surface area contributed by atoms with Crippen molar-refractivity contribution in [1.29, 1.82) is 0 Å². The van der Waals surface area contributed by atoms with Gasteiger partial charge in [0.2, 0.25) is 0 Å². The standard InChI is InChI=1S/C19H18N6.C5H5NO2/c1-21-12-13-6-8-14(9-7-13)25-18(15-4-2-10-22-17(15)20)24-16-5-3-11-23-19(16)25;1-4-3-8-6-5(4)2-7/h2-11,21H,12H2,1H3,(H2,20,22);2-3H,1H3. The van der Waals surface area contributed by atoms with Gasteiger partial charge in [-0.25, -0.2) is 15.0 Å². The molecule has 0 bridgehead atoms. The summed E-state index contributed by atoms with van der Waals surface area (Å²) in [5, 5.41) is 6.55. The second kappa shape index (κ2) is 9.84. The van der Waals surface area contributed by atoms with Crippen molar-refractivity contribution in [2.45, 2.75) is 13.5 Å². The molecule has 0 saturated carbocycles. The van der Waals surface area contributed by atoms with E-state index in [4.69, 9.17) is 10.7 Å². The van der Waals surface area contributed by atoms with Crippen LogP contribution in [0.2, 0.25) is 0 Å². The number of imidazole rings is 1. The summed E-state index contributed by atoms with van der Waals surface area (Å²) in [6.45, 7) is 2.59. The third-order valence-corrected chi connectivity index (χ3v) is 4.97. The molecular formula is C24H23N7O2. The van der Waals surface area contributed by atoms with Gasteiger partial charge in [0.1, 0.15) is 23.3 Å². The van der Waals surface area contributed by atoms with Crippen LogP contribution in [0, 0.1) is 6.92 Å². The van der Waals surface area contributed by atoms with Crippen molar-refractivity contribution < 1.29 is 9.32 Å². The van der Waals surface area contributed by atoms with Gasteiger partial charge >= 0.3 is 0 Å². The first kappa shape index (κ1) is 21.8. The smallest absolute Gasteiger partial charge is 0.172 e. The van der Waals surface area contributed by atoms with Gasteiger partial charge in [-0.05, 0) is 55.9 Å². The second-order valence-corrected chi connectivity index (χ2v) is 7.25. The average molecular weight is 441 g/mol. The summed E-state index contributed by atoms with van der Waals surface area (Å²) in [6.07, 6.45) is 5.55. The Balaban J connectivity index is 0.000000275. The van der Waals surface area contributed by atoms with Gasteiger partial charge in [-0.2, -0.15) is 0 Å². The highest BCUT2D eigenvalue weighted by atomic mass is 16.5. The van der Waals surface area contributed by atoms with Crippen LogP contribution in [0.4, 0.5) is 5.82 Å². The number of benzene rings is 1. The minimum absolute atomic E-state index is 0.380. The highest BCUT2D eigenvalue weighted by molar-refractivity contribution is 5.82. The van der Waals surface area contributed by atoms with Gasteiger partial charge in [-0.1, -0.05) is 17.3 Å². The highest BCUT2D eigenvalue weighted by Crippen LogP contribution is 2.29. The summed E-state index contributed by atoms with van der Waals surface area (Å²) in [6, 6.07) is 15.9. The summed E-state index contributed by atoms with van der Waals surface area (Å²) < 4.78 is 6.47. The number of hydrogen-bond acceptors (Lipinski definition) is 8. The van der Waals surface area contributed by atoms with Crippen LogP contribution >= 0.6 is 0 Å². The maximum atomic E-state index is 9.97. The number of pyridine rings is 2. The number of anilines is 1. The van der Waals surface area contributed by atoms with Gasteiger partial charge in [-0.3, -0.25) is 9.36 Å². The van der Waals surface area contributed by atoms with Gasteiger partial charge in [0, 0.05) is 30.2 Å². The fourth-order valence-electron chi connectivity index (χ4n) is 3.32. The summed E-state index contributed by atoms with van der Waals surface area (Å²) in [5.41, 5.74) is 11.9. The van der Waals surface area contributed by atoms with E-state index in [-0.39, 0.29) is 0 Å². The quantitative estimate of drug-likeness (QED) is 0.397. The Kier molecular flexibility index (Phi) is 6.51. The predicted molar refractivity (Wildman–Crippen MR) is 126 cm³/mol. The number of aldehydes is 1. The van der Waals surface area contributed by atoms with E-state index >= 15 is 0 Å². The summed E-state index contributed by atoms with van der Waals surface area (Å²) in [4.78, 5) is 23.4. The molecule has 0 aliphatic heterocycles. The SMILES string of the molecule is CNCc1ccc(-n2c(-c3cccnc3N)nc3cccnc32)cc1.Cc1conc1C=O. The molecular weight excluding hydrogens is 418 g/mol. The molecule has 166 valence electrons. The topological polar surface area (TPSA) is 125 Å². The molecule has 0 fully saturated rings. The lowest BCUT2D eigenvalue weighted by atomic mass is 10.2. The first-order valence-electron chi connectivity index (χ1n) is 10.3. The Hall–Kier alpha value is -4.37. The molecule has 0 spiro atoms. The van der Waals surface area contributed by atoms with Gasteiger partial charge in [0.25, 0.3) is 0 Å². The number of aryl methyl sites for hydroxylation is 1. The third kappa shape index (κ3) is 4.63. The number of hydrogen-bond donors (Lipinski definition) is 2. The molecule has 5 aromatic rings. The summed E-state index contributed by atoms with van der Waals surface area (Å²) in [7, 11) is 1.94. The zero-order valence-corrected chi connectivity index (χ0v) is 18.3. The number of aromatic nitrogens is 5. The molecule has 5 rings (SSSR count). The van der Waals surface area contributed by atoms with Crippen LogP contribution in [0.3, 0.4) is 0 Å². The Morgan fingerprint density at radius 1 is 1.09 bits per heavy atom. The zero-order valence-electron chi connectivity index (χ0n) is 18.3. The van der Waals surface area contributed by atoms with Crippen LogP contribution in [-0.4, -0.2) is 38.0 Å². The normalized spacial score (nSPS) is 10.6. The van der Waals surface area contributed by atoms with Crippen LogP contribution in [0.25, 0.3) is 28.2 Å². The van der Waals surface area contributed by atoms with Crippen molar-refractivity contribution >= 4 is 23.3 Å². The molecule has 0 saturated heterocycles. The van der Waals surface area contributed by atoms with Crippen molar-refractivity contribution in [1.82, 2.24) is 30.0 Å². The number of carbonyl (C=O) groups excluding carboxylic acids is 1. The molecule has 9 nitrogen and oxygen atoms in total. The fraction of sp³-hybridized carbons (Fsp3) is 0.125. The minimum atomic E-state index is 0.380.